The summed E-state index contributed by atoms with van der Waals surface area (Å²) in [4.78, 5) is 10.1. The molecule has 58 valence electrons. The molecule has 0 heterocycles. The molecule has 3 atom stereocenters. The van der Waals surface area contributed by atoms with Crippen molar-refractivity contribution < 1.29 is 15.0 Å². The Bertz CT molecular complexity index is 140. The van der Waals surface area contributed by atoms with Crippen LogP contribution in [0.3, 0.4) is 0 Å². The fourth-order valence-corrected chi connectivity index (χ4v) is 1.21. The number of hydrogen-bond acceptors (Lipinski definition) is 3. The maximum atomic E-state index is 10.1. The molecule has 1 aliphatic rings. The van der Waals surface area contributed by atoms with Crippen LogP contribution in [0.1, 0.15) is 12.8 Å². The van der Waals surface area contributed by atoms with Crippen LogP contribution in [0.15, 0.2) is 0 Å². The average Bonchev–Trinajstić information content (AvgIpc) is 1.84. The molecule has 0 bridgehead atoms. The highest BCUT2D eigenvalue weighted by molar-refractivity contribution is 5.67. The second-order valence-corrected chi connectivity index (χ2v) is 2.73. The van der Waals surface area contributed by atoms with E-state index in [0.29, 0.717) is 6.42 Å². The fraction of sp³-hybridized carbons (Fsp3) is 0.833. The quantitative estimate of drug-likeness (QED) is 0.473. The van der Waals surface area contributed by atoms with Crippen molar-refractivity contribution in [1.82, 2.24) is 0 Å². The van der Waals surface area contributed by atoms with Crippen molar-refractivity contribution >= 4 is 5.97 Å². The molecular formula is C6H11NO3. The van der Waals surface area contributed by atoms with Crippen LogP contribution >= 0.6 is 0 Å². The third-order valence-corrected chi connectivity index (χ3v) is 1.97. The van der Waals surface area contributed by atoms with Gasteiger partial charge in [0, 0.05) is 12.0 Å². The summed E-state index contributed by atoms with van der Waals surface area (Å²) in [6.45, 7) is 0. The summed E-state index contributed by atoms with van der Waals surface area (Å²) in [6, 6.07) is -0.119. The molecule has 10 heavy (non-hydrogen) atoms. The molecule has 0 aromatic rings. The lowest BCUT2D eigenvalue weighted by molar-refractivity contribution is -0.141. The molecule has 0 aromatic carbocycles. The SMILES string of the molecule is N[C@@H]1C[C@H](O)[C@H]1CC(=O)O. The molecule has 4 nitrogen and oxygen atoms in total. The zero-order valence-corrected chi connectivity index (χ0v) is 5.53. The monoisotopic (exact) mass is 145 g/mol. The first-order chi connectivity index (χ1) is 4.61. The smallest absolute Gasteiger partial charge is 0.303 e. The van der Waals surface area contributed by atoms with E-state index in [-0.39, 0.29) is 18.4 Å². The van der Waals surface area contributed by atoms with Crippen LogP contribution in [0.2, 0.25) is 0 Å². The van der Waals surface area contributed by atoms with Crippen LogP contribution in [0.4, 0.5) is 0 Å². The highest BCUT2D eigenvalue weighted by atomic mass is 16.4. The van der Waals surface area contributed by atoms with Crippen molar-refractivity contribution in [2.24, 2.45) is 11.7 Å². The number of aliphatic hydroxyl groups excluding tert-OH is 1. The van der Waals surface area contributed by atoms with Gasteiger partial charge in [0.2, 0.25) is 0 Å². The number of aliphatic carboxylic acids is 1. The second kappa shape index (κ2) is 2.56. The number of aliphatic hydroxyl groups is 1. The zero-order valence-electron chi connectivity index (χ0n) is 5.53. The van der Waals surface area contributed by atoms with Gasteiger partial charge in [-0.15, -0.1) is 0 Å². The summed E-state index contributed by atoms with van der Waals surface area (Å²) in [5.74, 6) is -1.11. The lowest BCUT2D eigenvalue weighted by Crippen LogP contribution is -2.51. The zero-order chi connectivity index (χ0) is 7.72. The van der Waals surface area contributed by atoms with Crippen molar-refractivity contribution in [1.29, 1.82) is 0 Å². The third-order valence-electron chi connectivity index (χ3n) is 1.97. The predicted octanol–water partition coefficient (Wildman–Crippen LogP) is -0.831. The first-order valence-corrected chi connectivity index (χ1v) is 3.26. The van der Waals surface area contributed by atoms with Crippen LogP contribution in [0, 0.1) is 5.92 Å². The van der Waals surface area contributed by atoms with Crippen molar-refractivity contribution in [3.05, 3.63) is 0 Å². The van der Waals surface area contributed by atoms with Crippen LogP contribution in [-0.4, -0.2) is 28.3 Å². The number of nitrogens with two attached hydrogens (primary N) is 1. The molecule has 1 rings (SSSR count). The first-order valence-electron chi connectivity index (χ1n) is 3.26. The normalized spacial score (nSPS) is 38.8. The summed E-state index contributed by atoms with van der Waals surface area (Å²) in [6.07, 6.45) is 0.0337. The lowest BCUT2D eigenvalue weighted by Gasteiger charge is -2.38. The van der Waals surface area contributed by atoms with Gasteiger partial charge < -0.3 is 15.9 Å². The maximum Gasteiger partial charge on any atom is 0.303 e. The summed E-state index contributed by atoms with van der Waals surface area (Å²) < 4.78 is 0. The number of carbonyl (C=O) groups is 1. The van der Waals surface area contributed by atoms with Crippen molar-refractivity contribution in [2.75, 3.05) is 0 Å². The van der Waals surface area contributed by atoms with Gasteiger partial charge in [0.15, 0.2) is 0 Å². The van der Waals surface area contributed by atoms with E-state index >= 15 is 0 Å². The molecule has 0 spiro atoms. The molecule has 0 aliphatic heterocycles. The molecule has 4 heteroatoms. The molecular weight excluding hydrogens is 134 g/mol. The van der Waals surface area contributed by atoms with Crippen LogP contribution in [0.25, 0.3) is 0 Å². The molecule has 1 saturated carbocycles. The molecule has 1 fully saturated rings. The van der Waals surface area contributed by atoms with E-state index in [0.717, 1.165) is 0 Å². The minimum Gasteiger partial charge on any atom is -0.481 e. The summed E-state index contributed by atoms with van der Waals surface area (Å²) >= 11 is 0. The van der Waals surface area contributed by atoms with E-state index in [1.807, 2.05) is 0 Å². The van der Waals surface area contributed by atoms with Gasteiger partial charge in [0.1, 0.15) is 0 Å². The third kappa shape index (κ3) is 1.27. The Morgan fingerprint density at radius 2 is 2.30 bits per heavy atom. The lowest BCUT2D eigenvalue weighted by atomic mass is 9.75. The topological polar surface area (TPSA) is 83.5 Å². The van der Waals surface area contributed by atoms with Crippen LogP contribution < -0.4 is 5.73 Å². The molecule has 0 aromatic heterocycles. The van der Waals surface area contributed by atoms with E-state index < -0.39 is 12.1 Å². The van der Waals surface area contributed by atoms with E-state index in [1.165, 1.54) is 0 Å². The van der Waals surface area contributed by atoms with Gasteiger partial charge in [-0.05, 0) is 6.42 Å². The molecule has 4 N–H and O–H groups in total. The number of rotatable bonds is 2. The number of carboxylic acid groups (broad SMARTS) is 1. The predicted molar refractivity (Wildman–Crippen MR) is 34.3 cm³/mol. The van der Waals surface area contributed by atoms with E-state index in [2.05, 4.69) is 0 Å². The van der Waals surface area contributed by atoms with Crippen LogP contribution in [-0.2, 0) is 4.79 Å². The van der Waals surface area contributed by atoms with Gasteiger partial charge in [0.05, 0.1) is 12.5 Å². The van der Waals surface area contributed by atoms with Gasteiger partial charge in [-0.1, -0.05) is 0 Å². The molecule has 1 aliphatic carbocycles. The van der Waals surface area contributed by atoms with E-state index in [1.54, 1.807) is 0 Å². The highest BCUT2D eigenvalue weighted by Gasteiger charge is 2.38. The Hall–Kier alpha value is -0.610. The summed E-state index contributed by atoms with van der Waals surface area (Å²) in [7, 11) is 0. The fourth-order valence-electron chi connectivity index (χ4n) is 1.21. The van der Waals surface area contributed by atoms with Gasteiger partial charge >= 0.3 is 5.97 Å². The molecule has 0 saturated heterocycles. The van der Waals surface area contributed by atoms with Gasteiger partial charge in [-0.3, -0.25) is 4.79 Å². The largest absolute Gasteiger partial charge is 0.481 e. The average molecular weight is 145 g/mol. The number of carboxylic acids is 1. The van der Waals surface area contributed by atoms with Crippen molar-refractivity contribution in [3.8, 4) is 0 Å². The van der Waals surface area contributed by atoms with E-state index in [9.17, 15) is 4.79 Å². The summed E-state index contributed by atoms with van der Waals surface area (Å²) in [5.41, 5.74) is 5.44. The Morgan fingerprint density at radius 1 is 1.70 bits per heavy atom. The Labute approximate surface area is 58.6 Å². The van der Waals surface area contributed by atoms with Crippen molar-refractivity contribution in [3.63, 3.8) is 0 Å². The molecule has 0 amide bonds. The minimum absolute atomic E-state index is 0.0116. The van der Waals surface area contributed by atoms with E-state index in [4.69, 9.17) is 15.9 Å². The van der Waals surface area contributed by atoms with Crippen molar-refractivity contribution in [2.45, 2.75) is 25.0 Å². The minimum atomic E-state index is -0.890. The standard InChI is InChI=1S/C6H11NO3/c7-4-2-5(8)3(4)1-6(9)10/h3-5,8H,1-2,7H2,(H,9,10)/t3-,4+,5-/m0/s1. The number of hydrogen-bond donors (Lipinski definition) is 3. The first kappa shape index (κ1) is 7.50. The Kier molecular flexibility index (Phi) is 1.92. The molecule has 0 unspecified atom stereocenters. The van der Waals surface area contributed by atoms with Crippen LogP contribution in [0.5, 0.6) is 0 Å². The Morgan fingerprint density at radius 3 is 2.50 bits per heavy atom. The molecule has 0 radical (unpaired) electrons. The van der Waals surface area contributed by atoms with Gasteiger partial charge in [-0.25, -0.2) is 0 Å². The second-order valence-electron chi connectivity index (χ2n) is 2.73. The van der Waals surface area contributed by atoms with Gasteiger partial charge in [0.25, 0.3) is 0 Å². The van der Waals surface area contributed by atoms with Gasteiger partial charge in [-0.2, -0.15) is 0 Å². The maximum absolute atomic E-state index is 10.1. The Balaban J connectivity index is 2.33. The highest BCUT2D eigenvalue weighted by Crippen LogP contribution is 2.28. The summed E-state index contributed by atoms with van der Waals surface area (Å²) in [5, 5.41) is 17.3.